The van der Waals surface area contributed by atoms with E-state index in [9.17, 15) is 23.3 Å². The fourth-order valence-corrected chi connectivity index (χ4v) is 5.98. The van der Waals surface area contributed by atoms with E-state index >= 15 is 0 Å². The molecule has 0 atom stereocenters. The van der Waals surface area contributed by atoms with Crippen molar-refractivity contribution in [2.75, 3.05) is 23.7 Å². The summed E-state index contributed by atoms with van der Waals surface area (Å²) in [5.41, 5.74) is 1.77. The zero-order chi connectivity index (χ0) is 25.2. The molecule has 0 saturated carbocycles. The molecule has 180 valence electrons. The highest BCUT2D eigenvalue weighted by Gasteiger charge is 2.28. The second-order valence-corrected chi connectivity index (χ2v) is 10.8. The lowest BCUT2D eigenvalue weighted by molar-refractivity contribution is 0.102. The van der Waals surface area contributed by atoms with Crippen LogP contribution in [0.2, 0.25) is 5.02 Å². The maximum atomic E-state index is 12.8. The minimum absolute atomic E-state index is 0.0557. The molecule has 0 unspecified atom stereocenters. The summed E-state index contributed by atoms with van der Waals surface area (Å²) in [5, 5.41) is 13.2. The number of nitrogens with zero attached hydrogens (tertiary/aromatic N) is 2. The van der Waals surface area contributed by atoms with Crippen molar-refractivity contribution in [2.24, 2.45) is 0 Å². The van der Waals surface area contributed by atoms with Crippen LogP contribution in [0.15, 0.2) is 53.4 Å². The van der Waals surface area contributed by atoms with E-state index in [-0.39, 0.29) is 16.1 Å². The Morgan fingerprint density at radius 1 is 1.14 bits per heavy atom. The third-order valence-electron chi connectivity index (χ3n) is 5.35. The van der Waals surface area contributed by atoms with Crippen LogP contribution in [-0.4, -0.2) is 39.0 Å². The lowest BCUT2D eigenvalue weighted by Crippen LogP contribution is -2.35. The molecule has 0 saturated heterocycles. The molecule has 0 radical (unpaired) electrons. The third kappa shape index (κ3) is 5.24. The number of sulfonamides is 1. The van der Waals surface area contributed by atoms with Crippen LogP contribution < -0.4 is 10.0 Å². The zero-order valence-corrected chi connectivity index (χ0v) is 20.8. The molecule has 0 spiro atoms. The molecule has 0 fully saturated rings. The molecule has 2 heterocycles. The SMILES string of the molecule is COC(=O)N1CCc2c(sc(NC(=O)c3ccc(NS(=O)(=O)c4ccc(Cl)cc4)cc3)c2C#N)C1. The monoisotopic (exact) mass is 530 g/mol. The number of amides is 2. The van der Waals surface area contributed by atoms with Gasteiger partial charge in [-0.1, -0.05) is 11.6 Å². The number of benzene rings is 2. The molecule has 1 aliphatic rings. The van der Waals surface area contributed by atoms with E-state index in [0.717, 1.165) is 10.4 Å². The Hall–Kier alpha value is -3.59. The van der Waals surface area contributed by atoms with Gasteiger partial charge in [0.1, 0.15) is 11.1 Å². The largest absolute Gasteiger partial charge is 0.453 e. The van der Waals surface area contributed by atoms with Crippen molar-refractivity contribution in [2.45, 2.75) is 17.9 Å². The molecule has 1 aliphatic heterocycles. The molecule has 4 rings (SSSR count). The second kappa shape index (κ2) is 9.95. The number of fused-ring (bicyclic) bond motifs is 1. The van der Waals surface area contributed by atoms with E-state index in [4.69, 9.17) is 16.3 Å². The molecule has 1 aromatic heterocycles. The van der Waals surface area contributed by atoms with Gasteiger partial charge in [0.2, 0.25) is 0 Å². The Morgan fingerprint density at radius 2 is 1.83 bits per heavy atom. The number of nitrogens with one attached hydrogen (secondary N) is 2. The first-order valence-corrected chi connectivity index (χ1v) is 13.0. The first-order chi connectivity index (χ1) is 16.7. The standard InChI is InChI=1S/C23H19ClN4O5S2/c1-33-23(30)28-11-10-18-19(12-25)22(34-20(18)13-28)26-21(29)14-2-6-16(7-3-14)27-35(31,32)17-8-4-15(24)5-9-17/h2-9,27H,10-11,13H2,1H3,(H,26,29). The molecule has 0 aliphatic carbocycles. The minimum Gasteiger partial charge on any atom is -0.453 e. The van der Waals surface area contributed by atoms with E-state index in [1.165, 1.54) is 71.9 Å². The number of carbonyl (C=O) groups is 2. The Kier molecular flexibility index (Phi) is 6.98. The topological polar surface area (TPSA) is 129 Å². The van der Waals surface area contributed by atoms with Crippen LogP contribution in [0.25, 0.3) is 0 Å². The Balaban J connectivity index is 1.47. The number of nitriles is 1. The van der Waals surface area contributed by atoms with Gasteiger partial charge in [-0.3, -0.25) is 9.52 Å². The van der Waals surface area contributed by atoms with Crippen LogP contribution in [-0.2, 0) is 27.7 Å². The average molecular weight is 531 g/mol. The molecule has 2 N–H and O–H groups in total. The van der Waals surface area contributed by atoms with Gasteiger partial charge in [0.05, 0.1) is 24.1 Å². The van der Waals surface area contributed by atoms with Gasteiger partial charge >= 0.3 is 6.09 Å². The van der Waals surface area contributed by atoms with Crippen molar-refractivity contribution >= 4 is 55.6 Å². The first-order valence-electron chi connectivity index (χ1n) is 10.3. The number of methoxy groups -OCH3 is 1. The summed E-state index contributed by atoms with van der Waals surface area (Å²) in [6, 6.07) is 13.8. The van der Waals surface area contributed by atoms with Gasteiger partial charge in [0, 0.05) is 27.7 Å². The molecule has 35 heavy (non-hydrogen) atoms. The van der Waals surface area contributed by atoms with Crippen molar-refractivity contribution in [3.63, 3.8) is 0 Å². The highest BCUT2D eigenvalue weighted by Crippen LogP contribution is 2.37. The second-order valence-electron chi connectivity index (χ2n) is 7.55. The Morgan fingerprint density at radius 3 is 2.46 bits per heavy atom. The van der Waals surface area contributed by atoms with E-state index in [1.54, 1.807) is 0 Å². The van der Waals surface area contributed by atoms with Gasteiger partial charge in [-0.15, -0.1) is 11.3 Å². The molecular formula is C23H19ClN4O5S2. The first kappa shape index (κ1) is 24.5. The van der Waals surface area contributed by atoms with Gasteiger partial charge in [-0.2, -0.15) is 5.26 Å². The highest BCUT2D eigenvalue weighted by molar-refractivity contribution is 7.92. The maximum absolute atomic E-state index is 12.8. The number of carbonyl (C=O) groups excluding carboxylic acids is 2. The zero-order valence-electron chi connectivity index (χ0n) is 18.4. The van der Waals surface area contributed by atoms with Crippen molar-refractivity contribution in [1.82, 2.24) is 4.90 Å². The summed E-state index contributed by atoms with van der Waals surface area (Å²) in [6.07, 6.45) is 0.0437. The van der Waals surface area contributed by atoms with Gasteiger partial charge in [0.15, 0.2) is 0 Å². The van der Waals surface area contributed by atoms with Crippen LogP contribution in [0.4, 0.5) is 15.5 Å². The number of rotatable bonds is 5. The molecule has 0 bridgehead atoms. The molecule has 12 heteroatoms. The summed E-state index contributed by atoms with van der Waals surface area (Å²) < 4.78 is 32.3. The van der Waals surface area contributed by atoms with E-state index < -0.39 is 22.0 Å². The predicted octanol–water partition coefficient (Wildman–Crippen LogP) is 4.45. The van der Waals surface area contributed by atoms with Gasteiger partial charge in [-0.05, 0) is 60.5 Å². The summed E-state index contributed by atoms with van der Waals surface area (Å²) in [7, 11) is -2.50. The summed E-state index contributed by atoms with van der Waals surface area (Å²) in [5.74, 6) is -0.447. The summed E-state index contributed by atoms with van der Waals surface area (Å²) in [4.78, 5) is 27.1. The number of hydrogen-bond donors (Lipinski definition) is 2. The molecule has 9 nitrogen and oxygen atoms in total. The molecular weight excluding hydrogens is 512 g/mol. The average Bonchev–Trinajstić information content (AvgIpc) is 3.19. The molecule has 2 amide bonds. The van der Waals surface area contributed by atoms with Crippen LogP contribution in [0.1, 0.15) is 26.4 Å². The Labute approximate surface area is 210 Å². The van der Waals surface area contributed by atoms with Crippen LogP contribution in [0, 0.1) is 11.3 Å². The number of ether oxygens (including phenoxy) is 1. The molecule has 2 aromatic carbocycles. The number of thiophene rings is 1. The lowest BCUT2D eigenvalue weighted by Gasteiger charge is -2.25. The van der Waals surface area contributed by atoms with Crippen LogP contribution >= 0.6 is 22.9 Å². The van der Waals surface area contributed by atoms with Crippen molar-refractivity contribution < 1.29 is 22.7 Å². The number of anilines is 2. The Bertz CT molecular complexity index is 1430. The van der Waals surface area contributed by atoms with E-state index in [2.05, 4.69) is 16.1 Å². The van der Waals surface area contributed by atoms with Crippen molar-refractivity contribution in [1.29, 1.82) is 5.26 Å². The predicted molar refractivity (Wildman–Crippen MR) is 132 cm³/mol. The quantitative estimate of drug-likeness (QED) is 0.501. The van der Waals surface area contributed by atoms with E-state index in [0.29, 0.717) is 35.1 Å². The normalized spacial score (nSPS) is 12.9. The number of hydrogen-bond acceptors (Lipinski definition) is 7. The van der Waals surface area contributed by atoms with Crippen molar-refractivity contribution in [3.8, 4) is 6.07 Å². The fourth-order valence-electron chi connectivity index (χ4n) is 3.59. The van der Waals surface area contributed by atoms with Gasteiger partial charge in [-0.25, -0.2) is 13.2 Å². The minimum atomic E-state index is -3.82. The maximum Gasteiger partial charge on any atom is 0.409 e. The van der Waals surface area contributed by atoms with Gasteiger partial charge in [0.25, 0.3) is 15.9 Å². The van der Waals surface area contributed by atoms with E-state index in [1.807, 2.05) is 0 Å². The fraction of sp³-hybridized carbons (Fsp3) is 0.174. The smallest absolute Gasteiger partial charge is 0.409 e. The van der Waals surface area contributed by atoms with Crippen LogP contribution in [0.3, 0.4) is 0 Å². The number of halogens is 1. The summed E-state index contributed by atoms with van der Waals surface area (Å²) >= 11 is 7.06. The van der Waals surface area contributed by atoms with Crippen LogP contribution in [0.5, 0.6) is 0 Å². The molecule has 3 aromatic rings. The van der Waals surface area contributed by atoms with Gasteiger partial charge < -0.3 is 15.0 Å². The summed E-state index contributed by atoms with van der Waals surface area (Å²) in [6.45, 7) is 0.728. The third-order valence-corrected chi connectivity index (χ3v) is 8.13. The highest BCUT2D eigenvalue weighted by atomic mass is 35.5. The lowest BCUT2D eigenvalue weighted by atomic mass is 10.0. The van der Waals surface area contributed by atoms with Crippen molar-refractivity contribution in [3.05, 3.63) is 75.1 Å².